The predicted octanol–water partition coefficient (Wildman–Crippen LogP) is 30.8. The minimum atomic E-state index is 0.188. The fourth-order valence-corrected chi connectivity index (χ4v) is 26.6. The SMILES string of the molecule is CC(C)C1CCSC(Cc2ccc(CCNc3nc4ccccc4s3)cc2)=N1.CC(C)CC1CCSC(Nc2ccc(CCNc3nc4ccccc4s3)cc2)=N1.CC1CCSC(Nc2ccc(CCNc3nc4ccccc4s3)cc2)=N1.COc1ccc(C2CCSC(Nc3ccc(CCNc4nc5ccccc5s4)cc3)=N2)cc1.c1ccc([C@@H]2CCSC(Nc3ccc(CCNc4nc5ccccc5s4)cc3)=N2)cc1. The molecule has 4 unspecified atom stereocenters. The average molecular weight is 2140 g/mol. The number of benzene rings is 12. The number of hydrogen-bond donors (Lipinski definition) is 9. The number of methoxy groups -OCH3 is 1. The number of rotatable bonds is 32. The van der Waals surface area contributed by atoms with Crippen molar-refractivity contribution in [2.24, 2.45) is 36.8 Å². The highest BCUT2D eigenvalue weighted by molar-refractivity contribution is 8.15. The summed E-state index contributed by atoms with van der Waals surface area (Å²) >= 11 is 17.7. The van der Waals surface area contributed by atoms with E-state index in [1.807, 2.05) is 66.0 Å². The van der Waals surface area contributed by atoms with Crippen LogP contribution < -0.4 is 52.6 Å². The Bertz CT molecular complexity index is 7030. The molecule has 5 atom stereocenters. The zero-order valence-electron chi connectivity index (χ0n) is 83.9. The zero-order chi connectivity index (χ0) is 101. The lowest BCUT2D eigenvalue weighted by molar-refractivity contribution is 0.414. The Kier molecular flexibility index (Phi) is 38.9. The molecule has 20 nitrogen and oxygen atoms in total. The molecule has 17 aromatic rings. The third-order valence-electron chi connectivity index (χ3n) is 25.2. The van der Waals surface area contributed by atoms with E-state index in [-0.39, 0.29) is 12.1 Å². The molecule has 147 heavy (non-hydrogen) atoms. The first-order valence-electron chi connectivity index (χ1n) is 50.9. The van der Waals surface area contributed by atoms with E-state index in [1.54, 1.807) is 99.1 Å². The minimum absolute atomic E-state index is 0.188. The molecule has 30 heteroatoms. The topological polar surface area (TPSA) is 244 Å². The predicted molar refractivity (Wildman–Crippen MR) is 648 cm³/mol. The minimum Gasteiger partial charge on any atom is -0.497 e. The summed E-state index contributed by atoms with van der Waals surface area (Å²) in [5.41, 5.74) is 20.2. The van der Waals surface area contributed by atoms with Crippen molar-refractivity contribution >= 4 is 241 Å². The number of para-hydroxylation sites is 5. The van der Waals surface area contributed by atoms with Crippen molar-refractivity contribution in [2.75, 3.05) is 116 Å². The zero-order valence-corrected chi connectivity index (χ0v) is 92.0. The number of thiazole rings is 5. The summed E-state index contributed by atoms with van der Waals surface area (Å²) in [6.45, 7) is 15.7. The molecule has 5 aliphatic heterocycles. The van der Waals surface area contributed by atoms with Crippen LogP contribution in [-0.4, -0.2) is 137 Å². The van der Waals surface area contributed by atoms with Crippen LogP contribution in [0.15, 0.2) is 322 Å². The summed E-state index contributed by atoms with van der Waals surface area (Å²) in [7, 11) is 1.69. The summed E-state index contributed by atoms with van der Waals surface area (Å²) < 4.78 is 11.4. The molecule has 9 N–H and O–H groups in total. The number of anilines is 9. The van der Waals surface area contributed by atoms with Crippen LogP contribution in [0.3, 0.4) is 0 Å². The molecule has 0 saturated heterocycles. The standard InChI is InChI=1S/C26H26N4OS2.C25H24N4S2.C23H28N4S2.C23H27N3S2.C20H22N4S2/c1-31-21-12-8-19(9-13-21)22-15-17-32-26(29-22)28-20-10-6-18(7-11-20)14-16-27-25-30-23-4-2-3-5-24(23)33-25;1-2-6-19(7-3-1)21-15-17-30-25(28-21)27-20-12-10-18(11-13-20)14-16-26-24-29-22-8-4-5-9-23(22)31-24;1-16(2)15-19-12-14-28-23(26-19)25-18-9-7-17(8-10-18)11-13-24-22-27-20-5-3-4-6-21(20)29-22;1-16(2)19-12-14-27-22(25-19)15-18-9-7-17(8-10-18)11-13-24-23-26-20-5-3-4-6-21(20)28-23;1-14-11-13-25-20(22-14)23-16-8-6-15(7-9-16)10-12-21-19-24-17-4-2-3-5-18(17)26-19/h2-13,22H,14-17H2,1H3,(H,27,30)(H,28,29);1-13,21H,14-17H2,(H,26,29)(H,27,28);3-10,16,19H,11-15H2,1-2H3,(H,24,27)(H,25,26);3-10,16,19H,11-15H2,1-2H3,(H,24,26);2-9,14H,10-13H2,1H3,(H,21,24)(H,22,23)/t;21-;;;/m.0.../s1. The van der Waals surface area contributed by atoms with Gasteiger partial charge in [-0.1, -0.05) is 307 Å². The van der Waals surface area contributed by atoms with Gasteiger partial charge in [0, 0.05) is 90.7 Å². The van der Waals surface area contributed by atoms with Gasteiger partial charge >= 0.3 is 0 Å². The van der Waals surface area contributed by atoms with Gasteiger partial charge in [0.05, 0.1) is 93.4 Å². The monoisotopic (exact) mass is 2130 g/mol. The molecule has 756 valence electrons. The van der Waals surface area contributed by atoms with Crippen LogP contribution in [0.5, 0.6) is 5.75 Å². The molecule has 0 fully saturated rings. The molecule has 0 aliphatic carbocycles. The number of thioether (sulfide) groups is 5. The summed E-state index contributed by atoms with van der Waals surface area (Å²) in [5.74, 6) is 7.85. The van der Waals surface area contributed by atoms with Crippen LogP contribution >= 0.6 is 115 Å². The Labute approximate surface area is 905 Å². The first-order chi connectivity index (χ1) is 72.2. The van der Waals surface area contributed by atoms with Crippen molar-refractivity contribution in [2.45, 2.75) is 142 Å². The van der Waals surface area contributed by atoms with Gasteiger partial charge < -0.3 is 52.6 Å². The lowest BCUT2D eigenvalue weighted by atomic mass is 10.0. The summed E-state index contributed by atoms with van der Waals surface area (Å²) in [4.78, 5) is 47.5. The van der Waals surface area contributed by atoms with E-state index < -0.39 is 0 Å². The van der Waals surface area contributed by atoms with Crippen molar-refractivity contribution in [3.8, 4) is 5.75 Å². The van der Waals surface area contributed by atoms with Crippen LogP contribution in [0.25, 0.3) is 51.1 Å². The van der Waals surface area contributed by atoms with Gasteiger partial charge in [-0.05, 0) is 255 Å². The highest BCUT2D eigenvalue weighted by Crippen LogP contribution is 2.37. The van der Waals surface area contributed by atoms with Gasteiger partial charge in [0.2, 0.25) is 0 Å². The molecule has 0 radical (unpaired) electrons. The van der Waals surface area contributed by atoms with E-state index in [0.29, 0.717) is 30.0 Å². The first kappa shape index (κ1) is 105. The molecule has 0 spiro atoms. The number of ether oxygens (including phenoxy) is 1. The second kappa shape index (κ2) is 54.4. The molecule has 12 aromatic carbocycles. The number of aliphatic imine (C=N–C) groups is 5. The van der Waals surface area contributed by atoms with Gasteiger partial charge in [0.1, 0.15) is 5.75 Å². The summed E-state index contributed by atoms with van der Waals surface area (Å²) in [6, 6.07) is 106. The number of nitrogens with one attached hydrogen (secondary N) is 9. The molecule has 0 bridgehead atoms. The molecular formula is C117H127N19OS10. The van der Waals surface area contributed by atoms with Crippen LogP contribution in [0.2, 0.25) is 0 Å². The van der Waals surface area contributed by atoms with Gasteiger partial charge in [-0.2, -0.15) is 0 Å². The Hall–Kier alpha value is -11.8. The van der Waals surface area contributed by atoms with Crippen molar-refractivity contribution in [1.29, 1.82) is 0 Å². The number of fused-ring (bicyclic) bond motifs is 5. The lowest BCUT2D eigenvalue weighted by Crippen LogP contribution is -2.21. The van der Waals surface area contributed by atoms with Crippen molar-refractivity contribution in [3.63, 3.8) is 0 Å². The fraction of sp³-hybridized carbons (Fsp3) is 0.299. The van der Waals surface area contributed by atoms with E-state index in [9.17, 15) is 0 Å². The Balaban J connectivity index is 0.000000121. The number of amidine groups is 4. The van der Waals surface area contributed by atoms with Crippen LogP contribution in [0, 0.1) is 11.8 Å². The molecular weight excluding hydrogens is 2010 g/mol. The van der Waals surface area contributed by atoms with E-state index >= 15 is 0 Å². The third kappa shape index (κ3) is 32.4. The van der Waals surface area contributed by atoms with Gasteiger partial charge in [-0.25, -0.2) is 24.9 Å². The summed E-state index contributed by atoms with van der Waals surface area (Å²) in [5, 5.41) is 41.5. The lowest BCUT2D eigenvalue weighted by Gasteiger charge is -2.23. The van der Waals surface area contributed by atoms with Crippen LogP contribution in [0.1, 0.15) is 130 Å². The van der Waals surface area contributed by atoms with Crippen molar-refractivity contribution in [3.05, 3.63) is 342 Å². The second-order valence-electron chi connectivity index (χ2n) is 37.2. The molecule has 0 amide bonds. The van der Waals surface area contributed by atoms with Crippen LogP contribution in [0.4, 0.5) is 48.4 Å². The number of hydrogen-bond acceptors (Lipinski definition) is 30. The highest BCUT2D eigenvalue weighted by Gasteiger charge is 2.24. The van der Waals surface area contributed by atoms with Gasteiger partial charge in [0.25, 0.3) is 0 Å². The maximum atomic E-state index is 5.27. The van der Waals surface area contributed by atoms with Crippen molar-refractivity contribution in [1.82, 2.24) is 24.9 Å². The normalized spacial score (nSPS) is 16.5. The highest BCUT2D eigenvalue weighted by atomic mass is 32.2. The van der Waals surface area contributed by atoms with Gasteiger partial charge in [-0.15, -0.1) is 11.8 Å². The van der Waals surface area contributed by atoms with Crippen LogP contribution in [-0.2, 0) is 38.5 Å². The van der Waals surface area contributed by atoms with Gasteiger partial charge in [0.15, 0.2) is 46.3 Å². The van der Waals surface area contributed by atoms with Gasteiger partial charge in [-0.3, -0.25) is 25.0 Å². The fourth-order valence-electron chi connectivity index (χ4n) is 17.2. The average Bonchev–Trinajstić information content (AvgIpc) is 1.69. The number of nitrogens with zero attached hydrogens (tertiary/aromatic N) is 10. The van der Waals surface area contributed by atoms with Crippen molar-refractivity contribution < 1.29 is 4.74 Å². The number of aromatic nitrogens is 5. The third-order valence-corrected chi connectivity index (χ3v) is 34.9. The summed E-state index contributed by atoms with van der Waals surface area (Å²) in [6.07, 6.45) is 12.7. The van der Waals surface area contributed by atoms with E-state index in [4.69, 9.17) is 24.7 Å². The molecule has 10 heterocycles. The molecule has 5 aromatic heterocycles. The largest absolute Gasteiger partial charge is 0.497 e. The maximum absolute atomic E-state index is 5.27. The quantitative estimate of drug-likeness (QED) is 0.0190. The smallest absolute Gasteiger partial charge is 0.183 e. The van der Waals surface area contributed by atoms with E-state index in [1.165, 1.54) is 98.1 Å². The Morgan fingerprint density at radius 1 is 0.299 bits per heavy atom. The first-order valence-corrected chi connectivity index (χ1v) is 59.9. The maximum Gasteiger partial charge on any atom is 0.183 e. The molecule has 5 aliphatic rings. The Morgan fingerprint density at radius 2 is 0.605 bits per heavy atom. The van der Waals surface area contributed by atoms with E-state index in [0.717, 1.165) is 216 Å². The molecule has 0 saturated carbocycles. The Morgan fingerprint density at radius 3 is 0.946 bits per heavy atom. The van der Waals surface area contributed by atoms with E-state index in [2.05, 4.69) is 367 Å². The molecule has 22 rings (SSSR count). The second-order valence-corrected chi connectivity index (χ2v) is 47.9.